The van der Waals surface area contributed by atoms with Gasteiger partial charge in [0, 0.05) is 20.3 Å². The lowest BCUT2D eigenvalue weighted by molar-refractivity contribution is -0.118. The van der Waals surface area contributed by atoms with E-state index in [-0.39, 0.29) is 10.8 Å². The second kappa shape index (κ2) is 7.68. The third-order valence-corrected chi connectivity index (χ3v) is 3.95. The molecule has 2 aromatic heterocycles. The van der Waals surface area contributed by atoms with Gasteiger partial charge in [-0.2, -0.15) is 10.2 Å². The Morgan fingerprint density at radius 3 is 2.75 bits per heavy atom. The molecule has 0 saturated heterocycles. The molecule has 0 spiro atoms. The first-order valence-corrected chi connectivity index (χ1v) is 7.90. The Labute approximate surface area is 141 Å². The Balaban J connectivity index is 2.00. The zero-order valence-electron chi connectivity index (χ0n) is 13.4. The van der Waals surface area contributed by atoms with Gasteiger partial charge in [-0.25, -0.2) is 14.9 Å². The Morgan fingerprint density at radius 2 is 2.08 bits per heavy atom. The number of carbonyl (C=O) groups excluding carboxylic acids is 1. The van der Waals surface area contributed by atoms with Crippen molar-refractivity contribution in [2.24, 2.45) is 19.2 Å². The first-order valence-electron chi connectivity index (χ1n) is 6.92. The monoisotopic (exact) mass is 348 g/mol. The molecular weight excluding hydrogens is 332 g/mol. The highest BCUT2D eigenvalue weighted by molar-refractivity contribution is 7.99. The van der Waals surface area contributed by atoms with Gasteiger partial charge in [-0.1, -0.05) is 17.8 Å². The van der Waals surface area contributed by atoms with E-state index >= 15 is 0 Å². The number of thioether (sulfide) groups is 1. The van der Waals surface area contributed by atoms with Crippen LogP contribution in [0.4, 0.5) is 0 Å². The van der Waals surface area contributed by atoms with Gasteiger partial charge in [-0.05, 0) is 19.1 Å². The van der Waals surface area contributed by atoms with Gasteiger partial charge in [0.05, 0.1) is 17.2 Å². The number of aromatic nitrogens is 4. The molecule has 1 amide bonds. The number of aryl methyl sites for hydroxylation is 1. The van der Waals surface area contributed by atoms with Crippen molar-refractivity contribution in [3.63, 3.8) is 0 Å². The smallest absolute Gasteiger partial charge is 0.272 e. The highest BCUT2D eigenvalue weighted by atomic mass is 32.2. The summed E-state index contributed by atoms with van der Waals surface area (Å²) >= 11 is 0.939. The van der Waals surface area contributed by atoms with Gasteiger partial charge < -0.3 is 0 Å². The summed E-state index contributed by atoms with van der Waals surface area (Å²) in [5.41, 5.74) is 2.54. The van der Waals surface area contributed by atoms with Crippen LogP contribution >= 0.6 is 11.8 Å². The van der Waals surface area contributed by atoms with Crippen LogP contribution in [0.3, 0.4) is 0 Å². The zero-order chi connectivity index (χ0) is 17.7. The standard InChI is InChI=1S/C14H16N6O3S/c1-9(10-6-4-5-7-15-10)16-17-11(21)8-24-12-13(22)19(2)14(23)20(3)18-12/h4-7H,8H2,1-3H3,(H,17,21)/b16-9-. The summed E-state index contributed by atoms with van der Waals surface area (Å²) in [5, 5.41) is 7.89. The number of hydrogen-bond acceptors (Lipinski definition) is 7. The normalized spacial score (nSPS) is 11.4. The molecular formula is C14H16N6O3S. The van der Waals surface area contributed by atoms with Crippen LogP contribution in [0.2, 0.25) is 0 Å². The van der Waals surface area contributed by atoms with E-state index in [1.54, 1.807) is 25.3 Å². The molecule has 0 aliphatic rings. The molecule has 0 aliphatic heterocycles. The average Bonchev–Trinajstić information content (AvgIpc) is 2.60. The van der Waals surface area contributed by atoms with Crippen molar-refractivity contribution in [3.8, 4) is 0 Å². The molecule has 1 N–H and O–H groups in total. The highest BCUT2D eigenvalue weighted by Gasteiger charge is 2.11. The molecule has 0 atom stereocenters. The summed E-state index contributed by atoms with van der Waals surface area (Å²) in [6, 6.07) is 5.38. The zero-order valence-corrected chi connectivity index (χ0v) is 14.2. The van der Waals surface area contributed by atoms with Gasteiger partial charge in [0.2, 0.25) is 5.91 Å². The van der Waals surface area contributed by atoms with Gasteiger partial charge in [0.15, 0.2) is 5.03 Å². The Morgan fingerprint density at radius 1 is 1.33 bits per heavy atom. The van der Waals surface area contributed by atoms with Gasteiger partial charge >= 0.3 is 5.69 Å². The first kappa shape index (κ1) is 17.6. The molecule has 24 heavy (non-hydrogen) atoms. The summed E-state index contributed by atoms with van der Waals surface area (Å²) in [6.07, 6.45) is 1.63. The molecule has 0 saturated carbocycles. The fraction of sp³-hybridized carbons (Fsp3) is 0.286. The number of hydrogen-bond donors (Lipinski definition) is 1. The van der Waals surface area contributed by atoms with Crippen LogP contribution in [0.15, 0.2) is 44.1 Å². The highest BCUT2D eigenvalue weighted by Crippen LogP contribution is 2.08. The van der Waals surface area contributed by atoms with Crippen LogP contribution in [0.5, 0.6) is 0 Å². The quantitative estimate of drug-likeness (QED) is 0.443. The predicted molar refractivity (Wildman–Crippen MR) is 90.0 cm³/mol. The van der Waals surface area contributed by atoms with Crippen molar-refractivity contribution < 1.29 is 4.79 Å². The summed E-state index contributed by atoms with van der Waals surface area (Å²) < 4.78 is 1.99. The molecule has 2 rings (SSSR count). The van der Waals surface area contributed by atoms with Crippen LogP contribution in [-0.2, 0) is 18.9 Å². The summed E-state index contributed by atoms with van der Waals surface area (Å²) in [7, 11) is 2.80. The molecule has 10 heteroatoms. The summed E-state index contributed by atoms with van der Waals surface area (Å²) in [5.74, 6) is -0.451. The first-order chi connectivity index (χ1) is 11.4. The van der Waals surface area contributed by atoms with Crippen LogP contribution < -0.4 is 16.7 Å². The van der Waals surface area contributed by atoms with E-state index in [4.69, 9.17) is 0 Å². The molecule has 0 radical (unpaired) electrons. The molecule has 9 nitrogen and oxygen atoms in total. The second-order valence-corrected chi connectivity index (χ2v) is 5.78. The van der Waals surface area contributed by atoms with Crippen LogP contribution in [0, 0.1) is 0 Å². The van der Waals surface area contributed by atoms with E-state index < -0.39 is 17.2 Å². The van der Waals surface area contributed by atoms with E-state index in [1.807, 2.05) is 6.07 Å². The minimum Gasteiger partial charge on any atom is -0.272 e. The van der Waals surface area contributed by atoms with Gasteiger partial charge in [-0.3, -0.25) is 19.1 Å². The minimum atomic E-state index is -0.538. The van der Waals surface area contributed by atoms with Crippen molar-refractivity contribution in [2.45, 2.75) is 11.9 Å². The van der Waals surface area contributed by atoms with Crippen LogP contribution in [0.1, 0.15) is 12.6 Å². The van der Waals surface area contributed by atoms with E-state index in [0.29, 0.717) is 11.4 Å². The van der Waals surface area contributed by atoms with Crippen molar-refractivity contribution in [1.82, 2.24) is 24.8 Å². The van der Waals surface area contributed by atoms with Crippen LogP contribution in [-0.4, -0.2) is 36.7 Å². The number of nitrogens with zero attached hydrogens (tertiary/aromatic N) is 5. The molecule has 0 unspecified atom stereocenters. The Hall–Kier alpha value is -2.75. The second-order valence-electron chi connectivity index (χ2n) is 4.81. The van der Waals surface area contributed by atoms with E-state index in [9.17, 15) is 14.4 Å². The maximum absolute atomic E-state index is 11.9. The third-order valence-electron chi connectivity index (χ3n) is 3.02. The molecule has 0 aromatic carbocycles. The molecule has 126 valence electrons. The number of amides is 1. The fourth-order valence-electron chi connectivity index (χ4n) is 1.71. The summed E-state index contributed by atoms with van der Waals surface area (Å²) in [6.45, 7) is 1.72. The molecule has 0 bridgehead atoms. The largest absolute Gasteiger partial charge is 0.346 e. The summed E-state index contributed by atoms with van der Waals surface area (Å²) in [4.78, 5) is 39.4. The van der Waals surface area contributed by atoms with Crippen molar-refractivity contribution in [2.75, 3.05) is 5.75 Å². The van der Waals surface area contributed by atoms with E-state index in [1.165, 1.54) is 14.1 Å². The number of rotatable bonds is 5. The lowest BCUT2D eigenvalue weighted by atomic mass is 10.3. The Kier molecular flexibility index (Phi) is 5.64. The predicted octanol–water partition coefficient (Wildman–Crippen LogP) is -0.493. The molecule has 2 heterocycles. The van der Waals surface area contributed by atoms with Gasteiger partial charge in [0.1, 0.15) is 0 Å². The van der Waals surface area contributed by atoms with Crippen LogP contribution in [0.25, 0.3) is 0 Å². The van der Waals surface area contributed by atoms with Crippen molar-refractivity contribution in [3.05, 3.63) is 50.9 Å². The fourth-order valence-corrected chi connectivity index (χ4v) is 2.48. The molecule has 2 aromatic rings. The number of hydrazone groups is 1. The maximum atomic E-state index is 11.9. The average molecular weight is 348 g/mol. The Bertz CT molecular complexity index is 888. The SMILES string of the molecule is C/C(=N/NC(=O)CSc1nn(C)c(=O)n(C)c1=O)c1ccccn1. The number of pyridine rings is 1. The van der Waals surface area contributed by atoms with E-state index in [0.717, 1.165) is 21.0 Å². The number of carbonyl (C=O) groups is 1. The third kappa shape index (κ3) is 4.16. The maximum Gasteiger partial charge on any atom is 0.346 e. The van der Waals surface area contributed by atoms with Crippen molar-refractivity contribution in [1.29, 1.82) is 0 Å². The number of nitrogens with one attached hydrogen (secondary N) is 1. The lowest BCUT2D eigenvalue weighted by Crippen LogP contribution is -2.39. The molecule has 0 fully saturated rings. The molecule has 0 aliphatic carbocycles. The van der Waals surface area contributed by atoms with Crippen molar-refractivity contribution >= 4 is 23.4 Å². The van der Waals surface area contributed by atoms with Gasteiger partial charge in [0.25, 0.3) is 5.56 Å². The minimum absolute atomic E-state index is 0.0561. The lowest BCUT2D eigenvalue weighted by Gasteiger charge is -2.05. The van der Waals surface area contributed by atoms with Gasteiger partial charge in [-0.15, -0.1) is 0 Å². The topological polar surface area (TPSA) is 111 Å². The van der Waals surface area contributed by atoms with E-state index in [2.05, 4.69) is 20.6 Å².